The van der Waals surface area contributed by atoms with Crippen molar-refractivity contribution in [3.63, 3.8) is 0 Å². The van der Waals surface area contributed by atoms with Crippen LogP contribution in [0.1, 0.15) is 56.6 Å². The highest BCUT2D eigenvalue weighted by molar-refractivity contribution is 5.85. The zero-order chi connectivity index (χ0) is 15.4. The lowest BCUT2D eigenvalue weighted by Crippen LogP contribution is -2.35. The van der Waals surface area contributed by atoms with Crippen LogP contribution in [-0.4, -0.2) is 47.1 Å². The lowest BCUT2D eigenvalue weighted by molar-refractivity contribution is 0.245. The topological polar surface area (TPSA) is 67.1 Å². The van der Waals surface area contributed by atoms with E-state index >= 15 is 0 Å². The van der Waals surface area contributed by atoms with Gasteiger partial charge in [0.2, 0.25) is 0 Å². The monoisotopic (exact) mass is 375 g/mol. The van der Waals surface area contributed by atoms with Gasteiger partial charge < -0.3 is 16.0 Å². The zero-order valence-corrected chi connectivity index (χ0v) is 16.1. The van der Waals surface area contributed by atoms with Gasteiger partial charge in [0.15, 0.2) is 0 Å². The molecule has 0 aromatic carbocycles. The van der Waals surface area contributed by atoms with E-state index in [9.17, 15) is 0 Å². The second-order valence-corrected chi connectivity index (χ2v) is 6.96. The zero-order valence-electron chi connectivity index (χ0n) is 14.5. The SMILES string of the molecule is CN(CCCNc1cc(C2CC(N)C2)ncn1)C1CCCC1.Cl.Cl. The van der Waals surface area contributed by atoms with Crippen LogP contribution in [0.25, 0.3) is 0 Å². The van der Waals surface area contributed by atoms with E-state index < -0.39 is 0 Å². The summed E-state index contributed by atoms with van der Waals surface area (Å²) in [5.41, 5.74) is 7.00. The van der Waals surface area contributed by atoms with Gasteiger partial charge in [-0.15, -0.1) is 24.8 Å². The predicted molar refractivity (Wildman–Crippen MR) is 104 cm³/mol. The first-order valence-corrected chi connectivity index (χ1v) is 8.74. The molecule has 1 heterocycles. The van der Waals surface area contributed by atoms with Gasteiger partial charge in [0.05, 0.1) is 0 Å². The van der Waals surface area contributed by atoms with Crippen molar-refractivity contribution in [1.82, 2.24) is 14.9 Å². The van der Waals surface area contributed by atoms with E-state index in [2.05, 4.69) is 33.3 Å². The Kier molecular flexibility index (Phi) is 9.27. The van der Waals surface area contributed by atoms with Gasteiger partial charge in [0, 0.05) is 36.3 Å². The van der Waals surface area contributed by atoms with Gasteiger partial charge in [0.1, 0.15) is 12.1 Å². The Morgan fingerprint density at radius 1 is 1.21 bits per heavy atom. The van der Waals surface area contributed by atoms with E-state index in [1.807, 2.05) is 0 Å². The molecule has 0 aliphatic heterocycles. The van der Waals surface area contributed by atoms with Crippen molar-refractivity contribution >= 4 is 30.6 Å². The number of rotatable bonds is 7. The van der Waals surface area contributed by atoms with Crippen molar-refractivity contribution in [2.24, 2.45) is 5.73 Å². The third-order valence-corrected chi connectivity index (χ3v) is 5.22. The summed E-state index contributed by atoms with van der Waals surface area (Å²) in [4.78, 5) is 11.2. The van der Waals surface area contributed by atoms with Crippen LogP contribution in [0.15, 0.2) is 12.4 Å². The maximum absolute atomic E-state index is 5.86. The molecule has 0 amide bonds. The number of nitrogens with one attached hydrogen (secondary N) is 1. The Bertz CT molecular complexity index is 476. The summed E-state index contributed by atoms with van der Waals surface area (Å²) >= 11 is 0. The van der Waals surface area contributed by atoms with Crippen LogP contribution in [0.4, 0.5) is 5.82 Å². The molecule has 2 aliphatic carbocycles. The van der Waals surface area contributed by atoms with Crippen molar-refractivity contribution < 1.29 is 0 Å². The van der Waals surface area contributed by atoms with E-state index in [1.165, 1.54) is 25.7 Å². The maximum atomic E-state index is 5.86. The fourth-order valence-electron chi connectivity index (χ4n) is 3.67. The lowest BCUT2D eigenvalue weighted by Gasteiger charge is -2.31. The van der Waals surface area contributed by atoms with Crippen molar-refractivity contribution in [2.75, 3.05) is 25.5 Å². The quantitative estimate of drug-likeness (QED) is 0.716. The minimum Gasteiger partial charge on any atom is -0.370 e. The number of aromatic nitrogens is 2. The summed E-state index contributed by atoms with van der Waals surface area (Å²) in [6.45, 7) is 2.13. The smallest absolute Gasteiger partial charge is 0.129 e. The third kappa shape index (κ3) is 5.73. The second kappa shape index (κ2) is 10.4. The molecule has 2 fully saturated rings. The van der Waals surface area contributed by atoms with Crippen LogP contribution < -0.4 is 11.1 Å². The van der Waals surface area contributed by atoms with E-state index in [0.29, 0.717) is 12.0 Å². The first kappa shape index (κ1) is 21.4. The molecule has 0 radical (unpaired) electrons. The Hall–Kier alpha value is -0.620. The molecule has 5 nitrogen and oxygen atoms in total. The molecule has 24 heavy (non-hydrogen) atoms. The highest BCUT2D eigenvalue weighted by atomic mass is 35.5. The summed E-state index contributed by atoms with van der Waals surface area (Å²) in [5.74, 6) is 1.49. The minimum atomic E-state index is 0. The summed E-state index contributed by atoms with van der Waals surface area (Å²) in [5, 5.41) is 3.44. The van der Waals surface area contributed by atoms with Crippen LogP contribution in [0.2, 0.25) is 0 Å². The van der Waals surface area contributed by atoms with Gasteiger partial charge in [0.25, 0.3) is 0 Å². The predicted octanol–water partition coefficient (Wildman–Crippen LogP) is 3.20. The van der Waals surface area contributed by atoms with Crippen LogP contribution in [0.5, 0.6) is 0 Å². The molecule has 1 aromatic heterocycles. The Balaban J connectivity index is 0.00000144. The summed E-state index contributed by atoms with van der Waals surface area (Å²) in [6.07, 6.45) is 10.5. The van der Waals surface area contributed by atoms with Gasteiger partial charge in [-0.05, 0) is 45.7 Å². The molecule has 0 atom stereocenters. The molecule has 0 saturated heterocycles. The first-order chi connectivity index (χ1) is 10.7. The number of hydrogen-bond acceptors (Lipinski definition) is 5. The minimum absolute atomic E-state index is 0. The first-order valence-electron chi connectivity index (χ1n) is 8.74. The molecule has 0 bridgehead atoms. The highest BCUT2D eigenvalue weighted by Crippen LogP contribution is 2.34. The lowest BCUT2D eigenvalue weighted by atomic mass is 9.79. The average Bonchev–Trinajstić information content (AvgIpc) is 3.03. The molecular weight excluding hydrogens is 345 g/mol. The van der Waals surface area contributed by atoms with Crippen LogP contribution in [0, 0.1) is 0 Å². The van der Waals surface area contributed by atoms with E-state index in [0.717, 1.165) is 49.9 Å². The molecule has 0 unspecified atom stereocenters. The number of anilines is 1. The van der Waals surface area contributed by atoms with Gasteiger partial charge >= 0.3 is 0 Å². The normalized spacial score (nSPS) is 23.3. The van der Waals surface area contributed by atoms with E-state index in [1.54, 1.807) is 6.33 Å². The third-order valence-electron chi connectivity index (χ3n) is 5.22. The molecule has 7 heteroatoms. The van der Waals surface area contributed by atoms with Crippen LogP contribution >= 0.6 is 24.8 Å². The molecule has 3 N–H and O–H groups in total. The van der Waals surface area contributed by atoms with Gasteiger partial charge in [-0.3, -0.25) is 0 Å². The molecule has 138 valence electrons. The summed E-state index contributed by atoms with van der Waals surface area (Å²) < 4.78 is 0. The molecule has 2 saturated carbocycles. The standard InChI is InChI=1S/C17H29N5.2ClH/c1-22(15-5-2-3-6-15)8-4-7-19-17-11-16(20-12-21-17)13-9-14(18)10-13;;/h11-15H,2-10,18H2,1H3,(H,19,20,21);2*1H. The Labute approximate surface area is 158 Å². The molecule has 2 aliphatic rings. The van der Waals surface area contributed by atoms with Gasteiger partial charge in [-0.25, -0.2) is 9.97 Å². The molecular formula is C17H31Cl2N5. The maximum Gasteiger partial charge on any atom is 0.129 e. The van der Waals surface area contributed by atoms with Crippen molar-refractivity contribution in [3.05, 3.63) is 18.1 Å². The van der Waals surface area contributed by atoms with Gasteiger partial charge in [-0.1, -0.05) is 12.8 Å². The number of hydrogen-bond donors (Lipinski definition) is 2. The highest BCUT2D eigenvalue weighted by Gasteiger charge is 2.28. The molecule has 0 spiro atoms. The van der Waals surface area contributed by atoms with E-state index in [-0.39, 0.29) is 24.8 Å². The Morgan fingerprint density at radius 2 is 1.92 bits per heavy atom. The second-order valence-electron chi connectivity index (χ2n) is 6.96. The summed E-state index contributed by atoms with van der Waals surface area (Å²) in [6, 6.07) is 3.27. The molecule has 1 aromatic rings. The largest absolute Gasteiger partial charge is 0.370 e. The van der Waals surface area contributed by atoms with Crippen molar-refractivity contribution in [1.29, 1.82) is 0 Å². The van der Waals surface area contributed by atoms with Crippen LogP contribution in [-0.2, 0) is 0 Å². The fourth-order valence-corrected chi connectivity index (χ4v) is 3.67. The number of nitrogens with two attached hydrogens (primary N) is 1. The Morgan fingerprint density at radius 3 is 2.58 bits per heavy atom. The van der Waals surface area contributed by atoms with Crippen molar-refractivity contribution in [3.8, 4) is 0 Å². The van der Waals surface area contributed by atoms with Crippen LogP contribution in [0.3, 0.4) is 0 Å². The van der Waals surface area contributed by atoms with Crippen molar-refractivity contribution in [2.45, 2.75) is 62.9 Å². The van der Waals surface area contributed by atoms with E-state index in [4.69, 9.17) is 5.73 Å². The number of halogens is 2. The van der Waals surface area contributed by atoms with Gasteiger partial charge in [-0.2, -0.15) is 0 Å². The summed E-state index contributed by atoms with van der Waals surface area (Å²) in [7, 11) is 2.26. The average molecular weight is 376 g/mol. The fraction of sp³-hybridized carbons (Fsp3) is 0.765. The number of nitrogens with zero attached hydrogens (tertiary/aromatic N) is 3. The molecule has 3 rings (SSSR count).